The smallest absolute Gasteiger partial charge is 0.157 e. The van der Waals surface area contributed by atoms with Crippen LogP contribution in [0.15, 0.2) is 24.3 Å². The Morgan fingerprint density at radius 2 is 1.62 bits per heavy atom. The highest BCUT2D eigenvalue weighted by Crippen LogP contribution is 2.38. The highest BCUT2D eigenvalue weighted by atomic mass is 15.2. The van der Waals surface area contributed by atoms with Crippen LogP contribution in [0, 0.1) is 11.3 Å². The van der Waals surface area contributed by atoms with Gasteiger partial charge in [-0.1, -0.05) is 25.0 Å². The van der Waals surface area contributed by atoms with Gasteiger partial charge in [-0.05, 0) is 61.8 Å². The minimum Gasteiger partial charge on any atom is -0.357 e. The molecular formula is C22H24N4. The average molecular weight is 344 g/mol. The number of rotatable bonds is 1. The fraction of sp³-hybridized carbons (Fsp3) is 0.455. The zero-order chi connectivity index (χ0) is 17.5. The molecule has 132 valence electrons. The maximum atomic E-state index is 9.95. The number of benzene rings is 1. The van der Waals surface area contributed by atoms with Crippen molar-refractivity contribution < 1.29 is 0 Å². The quantitative estimate of drug-likeness (QED) is 0.647. The molecular weight excluding hydrogens is 320 g/mol. The molecule has 1 aromatic carbocycles. The summed E-state index contributed by atoms with van der Waals surface area (Å²) in [7, 11) is 0. The number of nitriles is 1. The van der Waals surface area contributed by atoms with E-state index in [1.807, 2.05) is 6.07 Å². The number of fused-ring (bicyclic) bond motifs is 4. The fourth-order valence-corrected chi connectivity index (χ4v) is 4.84. The van der Waals surface area contributed by atoms with E-state index in [0.717, 1.165) is 48.2 Å². The molecule has 0 N–H and O–H groups in total. The molecule has 2 aliphatic rings. The Bertz CT molecular complexity index is 1020. The van der Waals surface area contributed by atoms with Gasteiger partial charge in [0.15, 0.2) is 5.65 Å². The predicted molar refractivity (Wildman–Crippen MR) is 105 cm³/mol. The molecule has 4 heteroatoms. The Hall–Kier alpha value is -2.54. The fourth-order valence-electron chi connectivity index (χ4n) is 4.84. The van der Waals surface area contributed by atoms with E-state index >= 15 is 0 Å². The number of nitrogens with zero attached hydrogens (tertiary/aromatic N) is 4. The van der Waals surface area contributed by atoms with Crippen molar-refractivity contribution in [1.29, 1.82) is 5.26 Å². The number of pyridine rings is 1. The standard InChI is InChI=1S/C22H24N4/c23-15-18-16-9-3-4-10-17(16)22(25-13-7-1-2-8-14-25)26-20-12-6-5-11-19(20)24-21(18)26/h5-6,11-12H,1-4,7-10,13-14H2. The second-order valence-corrected chi connectivity index (χ2v) is 7.64. The van der Waals surface area contributed by atoms with Crippen molar-refractivity contribution in [3.8, 4) is 6.07 Å². The lowest BCUT2D eigenvalue weighted by molar-refractivity contribution is 0.669. The second-order valence-electron chi connectivity index (χ2n) is 7.64. The Balaban J connectivity index is 1.90. The van der Waals surface area contributed by atoms with E-state index in [2.05, 4.69) is 33.6 Å². The van der Waals surface area contributed by atoms with Crippen molar-refractivity contribution in [3.63, 3.8) is 0 Å². The van der Waals surface area contributed by atoms with Crippen molar-refractivity contribution in [2.45, 2.75) is 51.4 Å². The highest BCUT2D eigenvalue weighted by Gasteiger charge is 2.27. The number of hydrogen-bond acceptors (Lipinski definition) is 3. The summed E-state index contributed by atoms with van der Waals surface area (Å²) in [5.74, 6) is 1.32. The lowest BCUT2D eigenvalue weighted by Gasteiger charge is -2.30. The summed E-state index contributed by atoms with van der Waals surface area (Å²) in [6.45, 7) is 2.22. The topological polar surface area (TPSA) is 44.3 Å². The molecule has 0 radical (unpaired) electrons. The van der Waals surface area contributed by atoms with E-state index in [-0.39, 0.29) is 0 Å². The minimum absolute atomic E-state index is 0.800. The molecule has 0 atom stereocenters. The number of para-hydroxylation sites is 2. The first kappa shape index (κ1) is 15.7. The third kappa shape index (κ3) is 2.30. The van der Waals surface area contributed by atoms with Crippen molar-refractivity contribution in [1.82, 2.24) is 9.38 Å². The predicted octanol–water partition coefficient (Wildman–Crippen LogP) is 4.62. The van der Waals surface area contributed by atoms with E-state index < -0.39 is 0 Å². The molecule has 4 nitrogen and oxygen atoms in total. The normalized spacial score (nSPS) is 17.9. The van der Waals surface area contributed by atoms with Gasteiger partial charge >= 0.3 is 0 Å². The molecule has 1 fully saturated rings. The molecule has 0 saturated carbocycles. The van der Waals surface area contributed by atoms with Crippen LogP contribution in [-0.2, 0) is 12.8 Å². The van der Waals surface area contributed by atoms with Gasteiger partial charge < -0.3 is 4.90 Å². The molecule has 2 aromatic heterocycles. The summed E-state index contributed by atoms with van der Waals surface area (Å²) in [5, 5.41) is 9.95. The summed E-state index contributed by atoms with van der Waals surface area (Å²) >= 11 is 0. The molecule has 5 rings (SSSR count). The van der Waals surface area contributed by atoms with Gasteiger partial charge in [0, 0.05) is 13.1 Å². The van der Waals surface area contributed by atoms with Gasteiger partial charge in [-0.25, -0.2) is 4.98 Å². The Morgan fingerprint density at radius 1 is 0.885 bits per heavy atom. The number of anilines is 1. The van der Waals surface area contributed by atoms with Gasteiger partial charge in [0.05, 0.1) is 16.6 Å². The summed E-state index contributed by atoms with van der Waals surface area (Å²) < 4.78 is 2.30. The van der Waals surface area contributed by atoms with Crippen LogP contribution in [0.3, 0.4) is 0 Å². The summed E-state index contributed by atoms with van der Waals surface area (Å²) in [6.07, 6.45) is 9.64. The molecule has 1 aliphatic carbocycles. The molecule has 1 saturated heterocycles. The van der Waals surface area contributed by atoms with Crippen molar-refractivity contribution in [2.24, 2.45) is 0 Å². The van der Waals surface area contributed by atoms with E-state index in [0.29, 0.717) is 0 Å². The van der Waals surface area contributed by atoms with Crippen LogP contribution >= 0.6 is 0 Å². The lowest BCUT2D eigenvalue weighted by atomic mass is 9.89. The Morgan fingerprint density at radius 3 is 2.38 bits per heavy atom. The first-order valence-corrected chi connectivity index (χ1v) is 9.98. The largest absolute Gasteiger partial charge is 0.357 e. The van der Waals surface area contributed by atoms with Crippen LogP contribution < -0.4 is 4.90 Å². The molecule has 0 amide bonds. The first-order valence-electron chi connectivity index (χ1n) is 9.98. The Kier molecular flexibility index (Phi) is 3.81. The maximum Gasteiger partial charge on any atom is 0.157 e. The molecule has 26 heavy (non-hydrogen) atoms. The van der Waals surface area contributed by atoms with Crippen LogP contribution in [-0.4, -0.2) is 22.5 Å². The van der Waals surface area contributed by atoms with Gasteiger partial charge in [0.25, 0.3) is 0 Å². The molecule has 1 aliphatic heterocycles. The maximum absolute atomic E-state index is 9.95. The average Bonchev–Trinajstić information content (AvgIpc) is 2.86. The second kappa shape index (κ2) is 6.32. The third-order valence-electron chi connectivity index (χ3n) is 6.05. The molecule has 0 unspecified atom stereocenters. The highest BCUT2D eigenvalue weighted by molar-refractivity contribution is 5.86. The van der Waals surface area contributed by atoms with Crippen molar-refractivity contribution in [2.75, 3.05) is 18.0 Å². The molecule has 3 aromatic rings. The van der Waals surface area contributed by atoms with Gasteiger partial charge in [-0.3, -0.25) is 4.40 Å². The number of hydrogen-bond donors (Lipinski definition) is 0. The minimum atomic E-state index is 0.800. The van der Waals surface area contributed by atoms with E-state index in [9.17, 15) is 5.26 Å². The molecule has 0 spiro atoms. The van der Waals surface area contributed by atoms with Crippen molar-refractivity contribution >= 4 is 22.5 Å². The molecule has 0 bridgehead atoms. The Labute approximate surface area is 154 Å². The summed E-state index contributed by atoms with van der Waals surface area (Å²) in [4.78, 5) is 7.47. The lowest BCUT2D eigenvalue weighted by Crippen LogP contribution is -2.29. The first-order chi connectivity index (χ1) is 12.9. The molecule has 3 heterocycles. The van der Waals surface area contributed by atoms with Gasteiger partial charge in [-0.15, -0.1) is 0 Å². The van der Waals surface area contributed by atoms with Crippen LogP contribution in [0.25, 0.3) is 16.7 Å². The number of aromatic nitrogens is 2. The van der Waals surface area contributed by atoms with E-state index in [1.165, 1.54) is 55.5 Å². The monoisotopic (exact) mass is 344 g/mol. The van der Waals surface area contributed by atoms with Gasteiger partial charge in [0.1, 0.15) is 11.9 Å². The van der Waals surface area contributed by atoms with Gasteiger partial charge in [-0.2, -0.15) is 5.26 Å². The van der Waals surface area contributed by atoms with Crippen LogP contribution in [0.5, 0.6) is 0 Å². The van der Waals surface area contributed by atoms with E-state index in [1.54, 1.807) is 0 Å². The van der Waals surface area contributed by atoms with Crippen LogP contribution in [0.4, 0.5) is 5.82 Å². The zero-order valence-electron chi connectivity index (χ0n) is 15.2. The number of imidazole rings is 1. The summed E-state index contributed by atoms with van der Waals surface area (Å²) in [6, 6.07) is 10.8. The van der Waals surface area contributed by atoms with Crippen LogP contribution in [0.1, 0.15) is 55.2 Å². The third-order valence-corrected chi connectivity index (χ3v) is 6.05. The van der Waals surface area contributed by atoms with Crippen molar-refractivity contribution in [3.05, 3.63) is 41.0 Å². The zero-order valence-corrected chi connectivity index (χ0v) is 15.2. The van der Waals surface area contributed by atoms with Gasteiger partial charge in [0.2, 0.25) is 0 Å². The SMILES string of the molecule is N#Cc1c2c(c(N3CCCCCC3)n3c1nc1ccccc13)CCCC2. The van der Waals surface area contributed by atoms with Crippen LogP contribution in [0.2, 0.25) is 0 Å². The van der Waals surface area contributed by atoms with E-state index in [4.69, 9.17) is 4.98 Å². The summed E-state index contributed by atoms with van der Waals surface area (Å²) in [5.41, 5.74) is 6.45.